The normalized spacial score (nSPS) is 28.5. The molecule has 120 valence electrons. The Balaban J connectivity index is 1.58. The Morgan fingerprint density at radius 2 is 2.23 bits per heavy atom. The molecule has 7 heteroatoms. The number of aromatic nitrogens is 2. The number of amides is 1. The zero-order valence-electron chi connectivity index (χ0n) is 12.9. The summed E-state index contributed by atoms with van der Waals surface area (Å²) in [4.78, 5) is 17.0. The number of nitrogens with zero attached hydrogens (tertiary/aromatic N) is 4. The van der Waals surface area contributed by atoms with Crippen LogP contribution in [0.2, 0.25) is 5.02 Å². The molecular formula is C15H22ClN5O. The van der Waals surface area contributed by atoms with E-state index >= 15 is 0 Å². The van der Waals surface area contributed by atoms with Crippen LogP contribution < -0.4 is 5.32 Å². The number of hydrogen-bond donors (Lipinski definition) is 1. The monoisotopic (exact) mass is 323 g/mol. The molecule has 2 unspecified atom stereocenters. The summed E-state index contributed by atoms with van der Waals surface area (Å²) in [6.07, 6.45) is 2.19. The summed E-state index contributed by atoms with van der Waals surface area (Å²) in [5.74, 6) is 0.582. The summed E-state index contributed by atoms with van der Waals surface area (Å²) < 4.78 is 1.92. The summed E-state index contributed by atoms with van der Waals surface area (Å²) in [7, 11) is 2.08. The minimum absolute atomic E-state index is 0.00979. The van der Waals surface area contributed by atoms with Gasteiger partial charge in [-0.15, -0.1) is 0 Å². The van der Waals surface area contributed by atoms with E-state index in [0.29, 0.717) is 22.7 Å². The average molecular weight is 324 g/mol. The average Bonchev–Trinajstić information content (AvgIpc) is 3.11. The van der Waals surface area contributed by atoms with Crippen molar-refractivity contribution in [2.75, 3.05) is 33.2 Å². The minimum atomic E-state index is -0.00979. The highest BCUT2D eigenvalue weighted by atomic mass is 35.5. The summed E-state index contributed by atoms with van der Waals surface area (Å²) >= 11 is 6.50. The third kappa shape index (κ3) is 2.33. The molecule has 1 amide bonds. The Bertz CT molecular complexity index is 589. The van der Waals surface area contributed by atoms with Crippen LogP contribution in [0.5, 0.6) is 0 Å². The largest absolute Gasteiger partial charge is 0.335 e. The molecule has 6 nitrogen and oxygen atoms in total. The topological polar surface area (TPSA) is 53.4 Å². The Morgan fingerprint density at radius 3 is 3.05 bits per heavy atom. The van der Waals surface area contributed by atoms with Gasteiger partial charge in [-0.05, 0) is 32.4 Å². The molecule has 4 heterocycles. The lowest BCUT2D eigenvalue weighted by molar-refractivity contribution is 0.0776. The summed E-state index contributed by atoms with van der Waals surface area (Å²) in [6, 6.07) is 0.453. The van der Waals surface area contributed by atoms with Gasteiger partial charge in [-0.25, -0.2) is 0 Å². The standard InChI is InChI=1S/C15H22ClN5O/c1-19-5-2-6-21-12(9-19)13(16)14(18-21)15(22)20-7-10-3-4-17-11(10)8-20/h10-11,17H,2-9H2,1H3. The van der Waals surface area contributed by atoms with Gasteiger partial charge in [-0.3, -0.25) is 9.48 Å². The molecule has 3 aliphatic rings. The molecule has 2 fully saturated rings. The van der Waals surface area contributed by atoms with Gasteiger partial charge in [0.2, 0.25) is 0 Å². The van der Waals surface area contributed by atoms with Crippen molar-refractivity contribution in [1.29, 1.82) is 0 Å². The fourth-order valence-electron chi connectivity index (χ4n) is 3.94. The molecule has 0 saturated carbocycles. The van der Waals surface area contributed by atoms with Gasteiger partial charge in [0.05, 0.1) is 10.7 Å². The van der Waals surface area contributed by atoms with Crippen molar-refractivity contribution >= 4 is 17.5 Å². The summed E-state index contributed by atoms with van der Waals surface area (Å²) in [5.41, 5.74) is 1.41. The fourth-order valence-corrected chi connectivity index (χ4v) is 4.21. The van der Waals surface area contributed by atoms with E-state index in [1.165, 1.54) is 0 Å². The van der Waals surface area contributed by atoms with Gasteiger partial charge in [0, 0.05) is 38.8 Å². The fraction of sp³-hybridized carbons (Fsp3) is 0.733. The molecule has 1 N–H and O–H groups in total. The van der Waals surface area contributed by atoms with Crippen molar-refractivity contribution in [2.45, 2.75) is 32.0 Å². The number of carbonyl (C=O) groups is 1. The van der Waals surface area contributed by atoms with E-state index in [1.807, 2.05) is 9.58 Å². The van der Waals surface area contributed by atoms with Gasteiger partial charge in [-0.2, -0.15) is 5.10 Å². The van der Waals surface area contributed by atoms with Crippen molar-refractivity contribution in [1.82, 2.24) is 24.9 Å². The van der Waals surface area contributed by atoms with E-state index in [-0.39, 0.29) is 5.91 Å². The number of carbonyl (C=O) groups excluding carboxylic acids is 1. The molecule has 3 aliphatic heterocycles. The lowest BCUT2D eigenvalue weighted by Crippen LogP contribution is -2.34. The maximum absolute atomic E-state index is 12.8. The first-order valence-electron chi connectivity index (χ1n) is 8.10. The van der Waals surface area contributed by atoms with Crippen LogP contribution in [0.1, 0.15) is 29.0 Å². The maximum atomic E-state index is 12.8. The van der Waals surface area contributed by atoms with Crippen LogP contribution in [-0.2, 0) is 13.1 Å². The molecule has 0 aromatic carbocycles. The van der Waals surface area contributed by atoms with Crippen LogP contribution >= 0.6 is 11.6 Å². The Morgan fingerprint density at radius 1 is 1.36 bits per heavy atom. The predicted octanol–water partition coefficient (Wildman–Crippen LogP) is 0.806. The van der Waals surface area contributed by atoms with E-state index in [2.05, 4.69) is 22.4 Å². The number of halogens is 1. The van der Waals surface area contributed by atoms with Gasteiger partial charge in [-0.1, -0.05) is 11.6 Å². The van der Waals surface area contributed by atoms with Crippen LogP contribution in [0.15, 0.2) is 0 Å². The van der Waals surface area contributed by atoms with Crippen molar-refractivity contribution in [3.05, 3.63) is 16.4 Å². The predicted molar refractivity (Wildman–Crippen MR) is 84.0 cm³/mol. The zero-order valence-corrected chi connectivity index (χ0v) is 13.6. The van der Waals surface area contributed by atoms with Gasteiger partial charge < -0.3 is 15.1 Å². The van der Waals surface area contributed by atoms with Gasteiger partial charge in [0.25, 0.3) is 5.91 Å². The molecular weight excluding hydrogens is 302 g/mol. The number of likely N-dealkylation sites (tertiary alicyclic amines) is 1. The highest BCUT2D eigenvalue weighted by Crippen LogP contribution is 2.29. The molecule has 0 bridgehead atoms. The summed E-state index contributed by atoms with van der Waals surface area (Å²) in [5, 5.41) is 8.55. The van der Waals surface area contributed by atoms with Gasteiger partial charge >= 0.3 is 0 Å². The van der Waals surface area contributed by atoms with E-state index in [4.69, 9.17) is 11.6 Å². The molecule has 0 spiro atoms. The van der Waals surface area contributed by atoms with Gasteiger partial charge in [0.1, 0.15) is 0 Å². The van der Waals surface area contributed by atoms with Crippen molar-refractivity contribution in [3.8, 4) is 0 Å². The van der Waals surface area contributed by atoms with Crippen LogP contribution in [0.3, 0.4) is 0 Å². The molecule has 1 aromatic heterocycles. The van der Waals surface area contributed by atoms with Crippen molar-refractivity contribution in [3.63, 3.8) is 0 Å². The highest BCUT2D eigenvalue weighted by molar-refractivity contribution is 6.34. The number of hydrogen-bond acceptors (Lipinski definition) is 4. The maximum Gasteiger partial charge on any atom is 0.275 e. The van der Waals surface area contributed by atoms with E-state index in [0.717, 1.165) is 57.8 Å². The number of aryl methyl sites for hydroxylation is 1. The first-order valence-corrected chi connectivity index (χ1v) is 8.47. The molecule has 22 heavy (non-hydrogen) atoms. The Hall–Kier alpha value is -1.11. The quantitative estimate of drug-likeness (QED) is 0.831. The Labute approximate surface area is 135 Å². The third-order valence-corrected chi connectivity index (χ3v) is 5.57. The molecule has 0 radical (unpaired) electrons. The van der Waals surface area contributed by atoms with Crippen LogP contribution in [0, 0.1) is 5.92 Å². The smallest absolute Gasteiger partial charge is 0.275 e. The van der Waals surface area contributed by atoms with Crippen molar-refractivity contribution < 1.29 is 4.79 Å². The second-order valence-electron chi connectivity index (χ2n) is 6.74. The van der Waals surface area contributed by atoms with E-state index in [1.54, 1.807) is 0 Å². The number of nitrogens with one attached hydrogen (secondary N) is 1. The first kappa shape index (κ1) is 14.5. The molecule has 2 saturated heterocycles. The van der Waals surface area contributed by atoms with Crippen molar-refractivity contribution in [2.24, 2.45) is 5.92 Å². The SMILES string of the molecule is CN1CCCn2nc(C(=O)N3CC4CCNC4C3)c(Cl)c2C1. The second-order valence-corrected chi connectivity index (χ2v) is 7.12. The van der Waals surface area contributed by atoms with Gasteiger partial charge in [0.15, 0.2) is 5.69 Å². The second kappa shape index (κ2) is 5.51. The summed E-state index contributed by atoms with van der Waals surface area (Å²) in [6.45, 7) is 5.30. The Kier molecular flexibility index (Phi) is 3.63. The third-order valence-electron chi connectivity index (χ3n) is 5.18. The van der Waals surface area contributed by atoms with Crippen LogP contribution in [-0.4, -0.2) is 64.8 Å². The lowest BCUT2D eigenvalue weighted by atomic mass is 10.1. The van der Waals surface area contributed by atoms with Crippen LogP contribution in [0.25, 0.3) is 0 Å². The first-order chi connectivity index (χ1) is 10.6. The highest BCUT2D eigenvalue weighted by Gasteiger charge is 2.39. The molecule has 4 rings (SSSR count). The molecule has 1 aromatic rings. The lowest BCUT2D eigenvalue weighted by Gasteiger charge is -2.16. The zero-order chi connectivity index (χ0) is 15.3. The minimum Gasteiger partial charge on any atom is -0.335 e. The molecule has 0 aliphatic carbocycles. The van der Waals surface area contributed by atoms with E-state index < -0.39 is 0 Å². The number of fused-ring (bicyclic) bond motifs is 2. The number of rotatable bonds is 1. The van der Waals surface area contributed by atoms with Crippen LogP contribution in [0.4, 0.5) is 0 Å². The molecule has 2 atom stereocenters. The van der Waals surface area contributed by atoms with E-state index in [9.17, 15) is 4.79 Å².